The van der Waals surface area contributed by atoms with Gasteiger partial charge in [0.25, 0.3) is 0 Å². The van der Waals surface area contributed by atoms with Gasteiger partial charge < -0.3 is 33.8 Å². The van der Waals surface area contributed by atoms with Gasteiger partial charge in [-0.3, -0.25) is 37.3 Å². The molecule has 0 aromatic carbocycles. The number of carbonyl (C=O) groups is 4. The number of aliphatic hydroxyl groups is 1. The number of unbranched alkanes of at least 4 members (excludes halogenated alkanes) is 58. The Kier molecular flexibility index (Phi) is 75.8. The van der Waals surface area contributed by atoms with Gasteiger partial charge in [-0.2, -0.15) is 0 Å². The molecule has 0 bridgehead atoms. The predicted octanol–water partition coefficient (Wildman–Crippen LogP) is 25.4. The Morgan fingerprint density at radius 1 is 0.235 bits per heavy atom. The molecule has 0 heterocycles. The summed E-state index contributed by atoms with van der Waals surface area (Å²) in [6, 6.07) is 0. The molecule has 0 saturated heterocycles. The van der Waals surface area contributed by atoms with Crippen LogP contribution in [0.15, 0.2) is 0 Å². The first kappa shape index (κ1) is 100. The van der Waals surface area contributed by atoms with E-state index in [0.717, 1.165) is 89.9 Å². The average molecular weight is 1490 g/mol. The van der Waals surface area contributed by atoms with E-state index < -0.39 is 97.5 Å². The fraction of sp³-hybridized carbons (Fsp3) is 0.952. The second-order valence-corrected chi connectivity index (χ2v) is 32.8. The maximum Gasteiger partial charge on any atom is 0.472 e. The third-order valence-corrected chi connectivity index (χ3v) is 21.5. The van der Waals surface area contributed by atoms with E-state index in [1.807, 2.05) is 0 Å². The lowest BCUT2D eigenvalue weighted by molar-refractivity contribution is -0.161. The number of hydrogen-bond acceptors (Lipinski definition) is 15. The van der Waals surface area contributed by atoms with Crippen LogP contribution in [0.25, 0.3) is 0 Å². The summed E-state index contributed by atoms with van der Waals surface area (Å²) in [6.07, 6.45) is 70.6. The quantitative estimate of drug-likeness (QED) is 0.0222. The van der Waals surface area contributed by atoms with Gasteiger partial charge in [0.2, 0.25) is 0 Å². The van der Waals surface area contributed by atoms with Crippen molar-refractivity contribution in [3.63, 3.8) is 0 Å². The zero-order valence-corrected chi connectivity index (χ0v) is 68.4. The average Bonchev–Trinajstić information content (AvgIpc) is 0.952. The highest BCUT2D eigenvalue weighted by molar-refractivity contribution is 7.47. The van der Waals surface area contributed by atoms with Gasteiger partial charge in [0, 0.05) is 25.7 Å². The van der Waals surface area contributed by atoms with Crippen LogP contribution in [0.2, 0.25) is 0 Å². The van der Waals surface area contributed by atoms with Crippen LogP contribution >= 0.6 is 15.6 Å². The minimum Gasteiger partial charge on any atom is -0.462 e. The highest BCUT2D eigenvalue weighted by Crippen LogP contribution is 2.45. The van der Waals surface area contributed by atoms with Crippen LogP contribution < -0.4 is 0 Å². The molecule has 17 nitrogen and oxygen atoms in total. The van der Waals surface area contributed by atoms with Crippen molar-refractivity contribution in [3.8, 4) is 0 Å². The minimum absolute atomic E-state index is 0.109. The Balaban J connectivity index is 5.24. The molecule has 19 heteroatoms. The molecule has 0 saturated carbocycles. The van der Waals surface area contributed by atoms with Gasteiger partial charge in [0.15, 0.2) is 12.2 Å². The molecule has 0 radical (unpaired) electrons. The smallest absolute Gasteiger partial charge is 0.462 e. The van der Waals surface area contributed by atoms with Gasteiger partial charge >= 0.3 is 39.5 Å². The molecular formula is C83H162O17P2. The van der Waals surface area contributed by atoms with E-state index in [2.05, 4.69) is 27.7 Å². The normalized spacial score (nSPS) is 13.8. The van der Waals surface area contributed by atoms with Crippen LogP contribution in [-0.2, 0) is 65.4 Å². The molecule has 0 aliphatic carbocycles. The standard InChI is InChI=1S/C83H162O17P2/c1-5-9-13-17-21-25-29-33-36-38-39-40-41-43-46-50-54-58-62-66-70-83(88)100-79(74-94-81(86)68-64-60-56-52-48-45-42-37-34-30-26-22-18-14-10-6-2)76-98-102(91,92)96-72-77(84)71-95-101(89,90)97-75-78(73-93-80(85)67-63-59-55-51-47-32-28-24-20-16-12-8-4)99-82(87)69-65-61-57-53-49-44-35-31-27-23-19-15-11-7-3/h77-79,84H,5-76H2,1-4H3,(H,89,90)(H,91,92)/t77-,78+,79+/m0/s1. The number of phosphoric acid groups is 2. The lowest BCUT2D eigenvalue weighted by atomic mass is 10.0. The van der Waals surface area contributed by atoms with Gasteiger partial charge in [-0.15, -0.1) is 0 Å². The molecule has 0 aromatic heterocycles. The Labute approximate surface area is 626 Å². The molecule has 3 N–H and O–H groups in total. The summed E-state index contributed by atoms with van der Waals surface area (Å²) in [5, 5.41) is 10.7. The highest BCUT2D eigenvalue weighted by atomic mass is 31.2. The van der Waals surface area contributed by atoms with Crippen LogP contribution in [0.4, 0.5) is 0 Å². The first-order valence-corrected chi connectivity index (χ1v) is 46.3. The lowest BCUT2D eigenvalue weighted by Gasteiger charge is -2.21. The second kappa shape index (κ2) is 77.2. The van der Waals surface area contributed by atoms with Crippen LogP contribution in [0.1, 0.15) is 451 Å². The molecule has 0 spiro atoms. The van der Waals surface area contributed by atoms with Crippen molar-refractivity contribution in [1.82, 2.24) is 0 Å². The maximum absolute atomic E-state index is 13.1. The maximum atomic E-state index is 13.1. The van der Waals surface area contributed by atoms with Crippen molar-refractivity contribution in [2.24, 2.45) is 0 Å². The Bertz CT molecular complexity index is 1930. The van der Waals surface area contributed by atoms with Crippen LogP contribution in [-0.4, -0.2) is 96.7 Å². The molecule has 0 aromatic rings. The summed E-state index contributed by atoms with van der Waals surface area (Å²) >= 11 is 0. The summed E-state index contributed by atoms with van der Waals surface area (Å²) in [6.45, 7) is 5.05. The number of carbonyl (C=O) groups excluding carboxylic acids is 4. The SMILES string of the molecule is CCCCCCCCCCCCCCCCCCCCCCC(=O)O[C@H](COC(=O)CCCCCCCCCCCCCCCCCC)COP(=O)(O)OC[C@@H](O)COP(=O)(O)OC[C@@H](COC(=O)CCCCCCCCCCCCCC)OC(=O)CCCCCCCCCCCCCCCC. The summed E-state index contributed by atoms with van der Waals surface area (Å²) in [5.41, 5.74) is 0. The van der Waals surface area contributed by atoms with Crippen molar-refractivity contribution in [2.45, 2.75) is 470 Å². The summed E-state index contributed by atoms with van der Waals surface area (Å²) in [4.78, 5) is 73.1. The van der Waals surface area contributed by atoms with Gasteiger partial charge in [0.05, 0.1) is 26.4 Å². The fourth-order valence-corrected chi connectivity index (χ4v) is 14.6. The molecule has 0 amide bonds. The van der Waals surface area contributed by atoms with Crippen molar-refractivity contribution in [1.29, 1.82) is 0 Å². The topological polar surface area (TPSA) is 237 Å². The number of hydrogen-bond donors (Lipinski definition) is 3. The predicted molar refractivity (Wildman–Crippen MR) is 419 cm³/mol. The Morgan fingerprint density at radius 2 is 0.392 bits per heavy atom. The largest absolute Gasteiger partial charge is 0.472 e. The summed E-state index contributed by atoms with van der Waals surface area (Å²) < 4.78 is 68.8. The zero-order valence-electron chi connectivity index (χ0n) is 66.6. The second-order valence-electron chi connectivity index (χ2n) is 29.9. The van der Waals surface area contributed by atoms with Crippen LogP contribution in [0, 0.1) is 0 Å². The summed E-state index contributed by atoms with van der Waals surface area (Å²) in [5.74, 6) is -2.10. The van der Waals surface area contributed by atoms with E-state index >= 15 is 0 Å². The molecular weight excluding hydrogens is 1330 g/mol. The lowest BCUT2D eigenvalue weighted by Crippen LogP contribution is -2.30. The molecule has 5 atom stereocenters. The van der Waals surface area contributed by atoms with Crippen LogP contribution in [0.5, 0.6) is 0 Å². The van der Waals surface area contributed by atoms with E-state index in [9.17, 15) is 43.2 Å². The fourth-order valence-electron chi connectivity index (χ4n) is 13.0. The van der Waals surface area contributed by atoms with E-state index in [0.29, 0.717) is 25.7 Å². The molecule has 102 heavy (non-hydrogen) atoms. The number of phosphoric ester groups is 2. The van der Waals surface area contributed by atoms with E-state index in [-0.39, 0.29) is 25.7 Å². The van der Waals surface area contributed by atoms with Crippen molar-refractivity contribution >= 4 is 39.5 Å². The highest BCUT2D eigenvalue weighted by Gasteiger charge is 2.30. The van der Waals surface area contributed by atoms with Crippen LogP contribution in [0.3, 0.4) is 0 Å². The van der Waals surface area contributed by atoms with Crippen molar-refractivity contribution in [3.05, 3.63) is 0 Å². The molecule has 2 unspecified atom stereocenters. The minimum atomic E-state index is -4.96. The molecule has 0 rings (SSSR count). The van der Waals surface area contributed by atoms with E-state index in [1.54, 1.807) is 0 Å². The van der Waals surface area contributed by atoms with E-state index in [4.69, 9.17) is 37.0 Å². The molecule has 606 valence electrons. The van der Waals surface area contributed by atoms with Gasteiger partial charge in [-0.05, 0) is 25.7 Å². The van der Waals surface area contributed by atoms with Crippen molar-refractivity contribution in [2.75, 3.05) is 39.6 Å². The monoisotopic (exact) mass is 1490 g/mol. The van der Waals surface area contributed by atoms with Gasteiger partial charge in [-0.1, -0.05) is 400 Å². The summed E-state index contributed by atoms with van der Waals surface area (Å²) in [7, 11) is -9.92. The van der Waals surface area contributed by atoms with Gasteiger partial charge in [0.1, 0.15) is 19.3 Å². The number of rotatable bonds is 84. The first-order valence-electron chi connectivity index (χ1n) is 43.3. The zero-order chi connectivity index (χ0) is 74.6. The van der Waals surface area contributed by atoms with Gasteiger partial charge in [-0.25, -0.2) is 9.13 Å². The Hall–Kier alpha value is -1.94. The number of esters is 4. The Morgan fingerprint density at radius 3 is 0.578 bits per heavy atom. The molecule has 0 fully saturated rings. The van der Waals surface area contributed by atoms with E-state index in [1.165, 1.54) is 283 Å². The third-order valence-electron chi connectivity index (χ3n) is 19.6. The number of aliphatic hydroxyl groups excluding tert-OH is 1. The molecule has 0 aliphatic heterocycles. The van der Waals surface area contributed by atoms with Crippen molar-refractivity contribution < 1.29 is 80.2 Å². The number of ether oxygens (including phenoxy) is 4. The molecule has 0 aliphatic rings. The first-order chi connectivity index (χ1) is 49.7. The third kappa shape index (κ3) is 76.3.